The SMILES string of the molecule is CCCCN/C=C\NC. The maximum absolute atomic E-state index is 3.14. The molecule has 2 N–H and O–H groups in total. The van der Waals surface area contributed by atoms with Crippen molar-refractivity contribution in [3.05, 3.63) is 12.4 Å². The van der Waals surface area contributed by atoms with Crippen LogP contribution in [0.4, 0.5) is 0 Å². The summed E-state index contributed by atoms with van der Waals surface area (Å²) in [5.74, 6) is 0. The zero-order valence-corrected chi connectivity index (χ0v) is 6.28. The summed E-state index contributed by atoms with van der Waals surface area (Å²) in [6.45, 7) is 3.26. The van der Waals surface area contributed by atoms with E-state index in [-0.39, 0.29) is 0 Å². The molecule has 0 aliphatic heterocycles. The first kappa shape index (κ1) is 8.34. The third-order valence-electron chi connectivity index (χ3n) is 1.04. The van der Waals surface area contributed by atoms with Gasteiger partial charge in [0.05, 0.1) is 0 Å². The van der Waals surface area contributed by atoms with Crippen molar-refractivity contribution < 1.29 is 0 Å². The van der Waals surface area contributed by atoms with E-state index in [4.69, 9.17) is 0 Å². The highest BCUT2D eigenvalue weighted by atomic mass is 14.9. The average molecular weight is 128 g/mol. The minimum absolute atomic E-state index is 1.08. The highest BCUT2D eigenvalue weighted by molar-refractivity contribution is 4.74. The molecule has 0 radical (unpaired) electrons. The van der Waals surface area contributed by atoms with Crippen LogP contribution in [0.5, 0.6) is 0 Å². The van der Waals surface area contributed by atoms with Crippen molar-refractivity contribution in [3.8, 4) is 0 Å². The predicted octanol–water partition coefficient (Wildman–Crippen LogP) is 1.07. The fourth-order valence-corrected chi connectivity index (χ4v) is 0.504. The molecule has 0 rings (SSSR count). The normalized spacial score (nSPS) is 10.0. The van der Waals surface area contributed by atoms with E-state index in [0.29, 0.717) is 0 Å². The van der Waals surface area contributed by atoms with Gasteiger partial charge in [-0.2, -0.15) is 0 Å². The van der Waals surface area contributed by atoms with Gasteiger partial charge in [0, 0.05) is 26.0 Å². The summed E-state index contributed by atoms with van der Waals surface area (Å²) in [5.41, 5.74) is 0. The molecule has 0 amide bonds. The fraction of sp³-hybridized carbons (Fsp3) is 0.714. The molecule has 0 fully saturated rings. The number of hydrogen-bond acceptors (Lipinski definition) is 2. The van der Waals surface area contributed by atoms with Gasteiger partial charge < -0.3 is 10.6 Å². The molecule has 0 spiro atoms. The third-order valence-corrected chi connectivity index (χ3v) is 1.04. The van der Waals surface area contributed by atoms with E-state index in [0.717, 1.165) is 6.54 Å². The van der Waals surface area contributed by atoms with E-state index in [1.54, 1.807) is 0 Å². The molecule has 0 unspecified atom stereocenters. The largest absolute Gasteiger partial charge is 0.393 e. The van der Waals surface area contributed by atoms with Gasteiger partial charge in [0.25, 0.3) is 0 Å². The lowest BCUT2D eigenvalue weighted by Gasteiger charge is -1.95. The van der Waals surface area contributed by atoms with E-state index in [9.17, 15) is 0 Å². The van der Waals surface area contributed by atoms with E-state index in [2.05, 4.69) is 17.6 Å². The Morgan fingerprint density at radius 3 is 2.67 bits per heavy atom. The van der Waals surface area contributed by atoms with Gasteiger partial charge in [0.1, 0.15) is 0 Å². The van der Waals surface area contributed by atoms with Crippen LogP contribution in [0.15, 0.2) is 12.4 Å². The van der Waals surface area contributed by atoms with Crippen LogP contribution in [0.3, 0.4) is 0 Å². The lowest BCUT2D eigenvalue weighted by molar-refractivity contribution is 0.732. The summed E-state index contributed by atoms with van der Waals surface area (Å²) in [6, 6.07) is 0. The first-order chi connectivity index (χ1) is 4.41. The maximum Gasteiger partial charge on any atom is 0.0141 e. The average Bonchev–Trinajstić information content (AvgIpc) is 1.89. The number of nitrogens with one attached hydrogen (secondary N) is 2. The van der Waals surface area contributed by atoms with Crippen molar-refractivity contribution in [2.24, 2.45) is 0 Å². The molecule has 2 heteroatoms. The van der Waals surface area contributed by atoms with Crippen LogP contribution >= 0.6 is 0 Å². The summed E-state index contributed by atoms with van der Waals surface area (Å²) in [5, 5.41) is 6.05. The minimum Gasteiger partial charge on any atom is -0.393 e. The van der Waals surface area contributed by atoms with Crippen LogP contribution < -0.4 is 10.6 Å². The molecule has 0 aliphatic rings. The molecular weight excluding hydrogens is 112 g/mol. The molecule has 0 atom stereocenters. The van der Waals surface area contributed by atoms with Crippen molar-refractivity contribution in [2.45, 2.75) is 19.8 Å². The summed E-state index contributed by atoms with van der Waals surface area (Å²) < 4.78 is 0. The standard InChI is InChI=1S/C7H16N2/c1-3-4-5-9-7-6-8-2/h6-9H,3-5H2,1-2H3/b7-6-. The van der Waals surface area contributed by atoms with E-state index in [1.807, 2.05) is 19.4 Å². The molecular formula is C7H16N2. The van der Waals surface area contributed by atoms with Crippen LogP contribution in [0.2, 0.25) is 0 Å². The van der Waals surface area contributed by atoms with Gasteiger partial charge in [0.15, 0.2) is 0 Å². The van der Waals surface area contributed by atoms with Crippen LogP contribution in [0, 0.1) is 0 Å². The van der Waals surface area contributed by atoms with Crippen LogP contribution in [-0.4, -0.2) is 13.6 Å². The Hall–Kier alpha value is -0.660. The Labute approximate surface area is 57.3 Å². The molecule has 0 aliphatic carbocycles. The monoisotopic (exact) mass is 128 g/mol. The summed E-state index contributed by atoms with van der Waals surface area (Å²) >= 11 is 0. The second-order valence-corrected chi connectivity index (χ2v) is 1.93. The molecule has 2 nitrogen and oxygen atoms in total. The van der Waals surface area contributed by atoms with E-state index < -0.39 is 0 Å². The molecule has 0 saturated carbocycles. The summed E-state index contributed by atoms with van der Waals surface area (Å²) in [4.78, 5) is 0. The van der Waals surface area contributed by atoms with Gasteiger partial charge in [-0.15, -0.1) is 0 Å². The van der Waals surface area contributed by atoms with Gasteiger partial charge in [-0.3, -0.25) is 0 Å². The van der Waals surface area contributed by atoms with E-state index >= 15 is 0 Å². The van der Waals surface area contributed by atoms with Gasteiger partial charge in [-0.05, 0) is 6.42 Å². The first-order valence-corrected chi connectivity index (χ1v) is 3.47. The number of unbranched alkanes of at least 4 members (excludes halogenated alkanes) is 1. The molecule has 0 heterocycles. The Morgan fingerprint density at radius 1 is 1.33 bits per heavy atom. The quantitative estimate of drug-likeness (QED) is 0.541. The Bertz CT molecular complexity index is 69.3. The summed E-state index contributed by atoms with van der Waals surface area (Å²) in [7, 11) is 1.89. The Morgan fingerprint density at radius 2 is 2.11 bits per heavy atom. The fourth-order valence-electron chi connectivity index (χ4n) is 0.504. The molecule has 9 heavy (non-hydrogen) atoms. The molecule has 54 valence electrons. The van der Waals surface area contributed by atoms with Gasteiger partial charge in [-0.1, -0.05) is 13.3 Å². The zero-order valence-electron chi connectivity index (χ0n) is 6.28. The second-order valence-electron chi connectivity index (χ2n) is 1.93. The van der Waals surface area contributed by atoms with Gasteiger partial charge in [0.2, 0.25) is 0 Å². The number of rotatable bonds is 5. The maximum atomic E-state index is 3.14. The molecule has 0 bridgehead atoms. The minimum atomic E-state index is 1.08. The summed E-state index contributed by atoms with van der Waals surface area (Å²) in [6.07, 6.45) is 6.31. The van der Waals surface area contributed by atoms with Crippen molar-refractivity contribution in [2.75, 3.05) is 13.6 Å². The molecule has 0 aromatic carbocycles. The van der Waals surface area contributed by atoms with Crippen LogP contribution in [0.25, 0.3) is 0 Å². The topological polar surface area (TPSA) is 24.1 Å². The first-order valence-electron chi connectivity index (χ1n) is 3.47. The van der Waals surface area contributed by atoms with Crippen molar-refractivity contribution in [1.29, 1.82) is 0 Å². The second kappa shape index (κ2) is 7.34. The van der Waals surface area contributed by atoms with Gasteiger partial charge in [-0.25, -0.2) is 0 Å². The van der Waals surface area contributed by atoms with Crippen LogP contribution in [0.1, 0.15) is 19.8 Å². The van der Waals surface area contributed by atoms with Crippen molar-refractivity contribution >= 4 is 0 Å². The lowest BCUT2D eigenvalue weighted by Crippen LogP contribution is -2.07. The zero-order chi connectivity index (χ0) is 6.95. The molecule has 0 aromatic rings. The van der Waals surface area contributed by atoms with Crippen LogP contribution in [-0.2, 0) is 0 Å². The van der Waals surface area contributed by atoms with Crippen molar-refractivity contribution in [1.82, 2.24) is 10.6 Å². The predicted molar refractivity (Wildman–Crippen MR) is 41.1 cm³/mol. The van der Waals surface area contributed by atoms with Crippen molar-refractivity contribution in [3.63, 3.8) is 0 Å². The van der Waals surface area contributed by atoms with Gasteiger partial charge >= 0.3 is 0 Å². The lowest BCUT2D eigenvalue weighted by atomic mass is 10.3. The Kier molecular flexibility index (Phi) is 6.80. The third kappa shape index (κ3) is 7.34. The van der Waals surface area contributed by atoms with E-state index in [1.165, 1.54) is 12.8 Å². The Balaban J connectivity index is 2.82. The number of hydrogen-bond donors (Lipinski definition) is 2. The smallest absolute Gasteiger partial charge is 0.0141 e. The molecule has 0 saturated heterocycles. The highest BCUT2D eigenvalue weighted by Gasteiger charge is 1.76. The highest BCUT2D eigenvalue weighted by Crippen LogP contribution is 1.80. The molecule has 0 aromatic heterocycles.